The normalized spacial score (nSPS) is 26.2. The van der Waals surface area contributed by atoms with Gasteiger partial charge in [0, 0.05) is 25.8 Å². The number of nitrogens with zero attached hydrogens (tertiary/aromatic N) is 3. The molecule has 2 fully saturated rings. The molecule has 3 heterocycles. The van der Waals surface area contributed by atoms with Crippen LogP contribution in [0.2, 0.25) is 0 Å². The van der Waals surface area contributed by atoms with E-state index in [1.54, 1.807) is 0 Å². The van der Waals surface area contributed by atoms with Gasteiger partial charge in [-0.3, -0.25) is 9.48 Å². The van der Waals surface area contributed by atoms with Crippen LogP contribution in [-0.2, 0) is 0 Å². The first-order valence-corrected chi connectivity index (χ1v) is 7.79. The van der Waals surface area contributed by atoms with Crippen molar-refractivity contribution < 1.29 is 4.79 Å². The van der Waals surface area contributed by atoms with Gasteiger partial charge in [0.15, 0.2) is 0 Å². The Labute approximate surface area is 132 Å². The molecule has 1 amide bonds. The van der Waals surface area contributed by atoms with Gasteiger partial charge >= 0.3 is 0 Å². The van der Waals surface area contributed by atoms with Crippen molar-refractivity contribution in [3.8, 4) is 0 Å². The van der Waals surface area contributed by atoms with Crippen molar-refractivity contribution in [1.82, 2.24) is 20.0 Å². The minimum atomic E-state index is 0. The van der Waals surface area contributed by atoms with E-state index in [4.69, 9.17) is 0 Å². The lowest BCUT2D eigenvalue weighted by Crippen LogP contribution is -2.39. The van der Waals surface area contributed by atoms with E-state index in [0.29, 0.717) is 17.7 Å². The fourth-order valence-electron chi connectivity index (χ4n) is 3.25. The van der Waals surface area contributed by atoms with E-state index in [9.17, 15) is 4.79 Å². The van der Waals surface area contributed by atoms with Crippen LogP contribution < -0.4 is 5.32 Å². The molecule has 1 N–H and O–H groups in total. The van der Waals surface area contributed by atoms with E-state index in [1.165, 1.54) is 12.8 Å². The maximum absolute atomic E-state index is 12.5. The highest BCUT2D eigenvalue weighted by Crippen LogP contribution is 2.19. The highest BCUT2D eigenvalue weighted by atomic mass is 35.5. The van der Waals surface area contributed by atoms with Crippen LogP contribution in [0.15, 0.2) is 12.3 Å². The number of rotatable bonds is 2. The summed E-state index contributed by atoms with van der Waals surface area (Å²) in [6.07, 6.45) is 6.62. The predicted molar refractivity (Wildman–Crippen MR) is 84.9 cm³/mol. The lowest BCUT2D eigenvalue weighted by molar-refractivity contribution is 0.0675. The van der Waals surface area contributed by atoms with Gasteiger partial charge in [-0.1, -0.05) is 6.92 Å². The Morgan fingerprint density at radius 1 is 1.38 bits per heavy atom. The molecule has 5 nitrogen and oxygen atoms in total. The molecule has 0 aliphatic carbocycles. The van der Waals surface area contributed by atoms with Crippen LogP contribution in [0, 0.1) is 5.92 Å². The SMILES string of the molecule is CC1CCCN(C(=O)c2ccn(C3CCCNC3)n2)C1.Cl. The quantitative estimate of drug-likeness (QED) is 0.910. The first-order valence-electron chi connectivity index (χ1n) is 7.79. The minimum Gasteiger partial charge on any atom is -0.337 e. The number of amides is 1. The maximum Gasteiger partial charge on any atom is 0.274 e. The average Bonchev–Trinajstić information content (AvgIpc) is 2.97. The summed E-state index contributed by atoms with van der Waals surface area (Å²) >= 11 is 0. The smallest absolute Gasteiger partial charge is 0.274 e. The number of piperidine rings is 2. The summed E-state index contributed by atoms with van der Waals surface area (Å²) in [5, 5.41) is 7.90. The van der Waals surface area contributed by atoms with Crippen LogP contribution in [0.3, 0.4) is 0 Å². The third-order valence-corrected chi connectivity index (χ3v) is 4.42. The first-order chi connectivity index (χ1) is 9.74. The van der Waals surface area contributed by atoms with Crippen molar-refractivity contribution in [3.05, 3.63) is 18.0 Å². The first kappa shape index (κ1) is 16.3. The molecule has 2 saturated heterocycles. The second kappa shape index (κ2) is 7.27. The third-order valence-electron chi connectivity index (χ3n) is 4.42. The summed E-state index contributed by atoms with van der Waals surface area (Å²) in [4.78, 5) is 14.4. The highest BCUT2D eigenvalue weighted by Gasteiger charge is 2.24. The standard InChI is InChI=1S/C15H24N4O.ClH/c1-12-4-3-8-18(11-12)15(20)14-6-9-19(17-14)13-5-2-7-16-10-13;/h6,9,12-13,16H,2-5,7-8,10-11H2,1H3;1H. The van der Waals surface area contributed by atoms with Gasteiger partial charge in [-0.2, -0.15) is 5.10 Å². The van der Waals surface area contributed by atoms with Crippen LogP contribution in [0.5, 0.6) is 0 Å². The van der Waals surface area contributed by atoms with E-state index in [1.807, 2.05) is 21.8 Å². The molecule has 0 aromatic carbocycles. The number of carbonyl (C=O) groups excluding carboxylic acids is 1. The molecule has 3 rings (SSSR count). The molecular weight excluding hydrogens is 288 g/mol. The Kier molecular flexibility index (Phi) is 5.65. The van der Waals surface area contributed by atoms with Gasteiger partial charge < -0.3 is 10.2 Å². The van der Waals surface area contributed by atoms with Crippen molar-refractivity contribution in [3.63, 3.8) is 0 Å². The van der Waals surface area contributed by atoms with Gasteiger partial charge in [0.1, 0.15) is 5.69 Å². The Morgan fingerprint density at radius 2 is 2.24 bits per heavy atom. The van der Waals surface area contributed by atoms with Crippen LogP contribution in [0.4, 0.5) is 0 Å². The number of hydrogen-bond donors (Lipinski definition) is 1. The molecule has 118 valence electrons. The van der Waals surface area contributed by atoms with Crippen LogP contribution in [0.1, 0.15) is 49.1 Å². The van der Waals surface area contributed by atoms with E-state index >= 15 is 0 Å². The van der Waals surface area contributed by atoms with Gasteiger partial charge in [0.05, 0.1) is 6.04 Å². The maximum atomic E-state index is 12.5. The summed E-state index contributed by atoms with van der Waals surface area (Å²) in [5.74, 6) is 0.705. The molecule has 0 bridgehead atoms. The number of aromatic nitrogens is 2. The van der Waals surface area contributed by atoms with Crippen molar-refractivity contribution in [2.24, 2.45) is 5.92 Å². The van der Waals surface area contributed by atoms with E-state index in [2.05, 4.69) is 17.3 Å². The van der Waals surface area contributed by atoms with Gasteiger partial charge in [-0.25, -0.2) is 0 Å². The predicted octanol–water partition coefficient (Wildman–Crippen LogP) is 2.10. The Hall–Kier alpha value is -1.07. The van der Waals surface area contributed by atoms with E-state index in [0.717, 1.165) is 39.0 Å². The van der Waals surface area contributed by atoms with Crippen molar-refractivity contribution >= 4 is 18.3 Å². The van der Waals surface area contributed by atoms with Crippen LogP contribution in [-0.4, -0.2) is 46.8 Å². The molecule has 1 aromatic heterocycles. The molecule has 2 unspecified atom stereocenters. The minimum absolute atomic E-state index is 0. The van der Waals surface area contributed by atoms with Gasteiger partial charge in [-0.15, -0.1) is 12.4 Å². The van der Waals surface area contributed by atoms with Gasteiger partial charge in [0.25, 0.3) is 5.91 Å². The molecule has 21 heavy (non-hydrogen) atoms. The average molecular weight is 313 g/mol. The molecule has 2 aliphatic rings. The Balaban J connectivity index is 0.00000161. The lowest BCUT2D eigenvalue weighted by Gasteiger charge is -2.30. The van der Waals surface area contributed by atoms with Crippen LogP contribution in [0.25, 0.3) is 0 Å². The monoisotopic (exact) mass is 312 g/mol. The van der Waals surface area contributed by atoms with Crippen molar-refractivity contribution in [2.45, 2.75) is 38.6 Å². The molecule has 0 spiro atoms. The molecule has 2 atom stereocenters. The zero-order valence-electron chi connectivity index (χ0n) is 12.6. The molecule has 6 heteroatoms. The Bertz CT molecular complexity index is 470. The summed E-state index contributed by atoms with van der Waals surface area (Å²) in [6, 6.07) is 2.27. The Morgan fingerprint density at radius 3 is 2.95 bits per heavy atom. The number of hydrogen-bond acceptors (Lipinski definition) is 3. The molecule has 0 radical (unpaired) electrons. The summed E-state index contributed by atoms with van der Waals surface area (Å²) in [6.45, 7) is 6.01. The zero-order valence-corrected chi connectivity index (χ0v) is 13.4. The second-order valence-electron chi connectivity index (χ2n) is 6.18. The number of halogens is 1. The molecule has 1 aromatic rings. The topological polar surface area (TPSA) is 50.2 Å². The molecule has 0 saturated carbocycles. The van der Waals surface area contributed by atoms with Gasteiger partial charge in [-0.05, 0) is 44.2 Å². The van der Waals surface area contributed by atoms with Crippen molar-refractivity contribution in [1.29, 1.82) is 0 Å². The third kappa shape index (κ3) is 3.77. The fourth-order valence-corrected chi connectivity index (χ4v) is 3.25. The highest BCUT2D eigenvalue weighted by molar-refractivity contribution is 5.92. The molecule has 2 aliphatic heterocycles. The number of nitrogens with one attached hydrogen (secondary N) is 1. The number of carbonyl (C=O) groups is 1. The summed E-state index contributed by atoms with van der Waals surface area (Å²) in [5.41, 5.74) is 0.602. The summed E-state index contributed by atoms with van der Waals surface area (Å²) in [7, 11) is 0. The van der Waals surface area contributed by atoms with Crippen LogP contribution >= 0.6 is 12.4 Å². The summed E-state index contributed by atoms with van der Waals surface area (Å²) < 4.78 is 1.97. The number of likely N-dealkylation sites (tertiary alicyclic amines) is 1. The molecular formula is C15H25ClN4O. The van der Waals surface area contributed by atoms with E-state index < -0.39 is 0 Å². The van der Waals surface area contributed by atoms with Crippen molar-refractivity contribution in [2.75, 3.05) is 26.2 Å². The zero-order chi connectivity index (χ0) is 13.9. The van der Waals surface area contributed by atoms with E-state index in [-0.39, 0.29) is 18.3 Å². The largest absolute Gasteiger partial charge is 0.337 e. The van der Waals surface area contributed by atoms with Gasteiger partial charge in [0.2, 0.25) is 0 Å². The fraction of sp³-hybridized carbons (Fsp3) is 0.733. The second-order valence-corrected chi connectivity index (χ2v) is 6.18. The lowest BCUT2D eigenvalue weighted by atomic mass is 10.0.